The minimum absolute atomic E-state index is 0.123. The first kappa shape index (κ1) is 17.8. The first-order valence-corrected chi connectivity index (χ1v) is 8.92. The SMILES string of the molecule is COC(=O)C[C@@](C)(N[S@@](=O)C(C)(C)C)c1cc(Br)cs1. The highest BCUT2D eigenvalue weighted by Crippen LogP contribution is 2.34. The Morgan fingerprint density at radius 1 is 1.45 bits per heavy atom. The van der Waals surface area contributed by atoms with E-state index >= 15 is 0 Å². The van der Waals surface area contributed by atoms with Gasteiger partial charge in [0, 0.05) is 14.7 Å². The van der Waals surface area contributed by atoms with Crippen LogP contribution in [0.5, 0.6) is 0 Å². The van der Waals surface area contributed by atoms with Crippen LogP contribution in [0, 0.1) is 0 Å². The molecular weight excluding hydrogens is 362 g/mol. The number of methoxy groups -OCH3 is 1. The second-order valence-electron chi connectivity index (χ2n) is 5.70. The van der Waals surface area contributed by atoms with E-state index in [1.165, 1.54) is 18.4 Å². The standard InChI is InChI=1S/C13H20BrNO3S2/c1-12(2,3)20(17)15-13(4,7-11(16)18-5)10-6-9(14)8-19-10/h6,8,15H,7H2,1-5H3/t13-,20+/m1/s1. The van der Waals surface area contributed by atoms with Crippen molar-refractivity contribution in [2.24, 2.45) is 0 Å². The second-order valence-corrected chi connectivity index (χ2v) is 9.49. The number of nitrogens with one attached hydrogen (secondary N) is 1. The average Bonchev–Trinajstić information content (AvgIpc) is 2.75. The molecule has 0 amide bonds. The molecule has 0 fully saturated rings. The molecule has 7 heteroatoms. The van der Waals surface area contributed by atoms with Crippen molar-refractivity contribution in [3.63, 3.8) is 0 Å². The van der Waals surface area contributed by atoms with Gasteiger partial charge in [-0.05, 0) is 49.7 Å². The second kappa shape index (κ2) is 6.68. The van der Waals surface area contributed by atoms with Crippen molar-refractivity contribution in [3.8, 4) is 0 Å². The lowest BCUT2D eigenvalue weighted by Gasteiger charge is -2.31. The van der Waals surface area contributed by atoms with Crippen molar-refractivity contribution in [1.29, 1.82) is 0 Å². The molecule has 0 unspecified atom stereocenters. The maximum Gasteiger partial charge on any atom is 0.307 e. The van der Waals surface area contributed by atoms with Gasteiger partial charge in [0.25, 0.3) is 0 Å². The molecular formula is C13H20BrNO3S2. The molecule has 1 heterocycles. The van der Waals surface area contributed by atoms with Gasteiger partial charge in [0.05, 0.1) is 34.8 Å². The quantitative estimate of drug-likeness (QED) is 0.795. The van der Waals surface area contributed by atoms with Crippen LogP contribution in [0.4, 0.5) is 0 Å². The van der Waals surface area contributed by atoms with Crippen molar-refractivity contribution in [2.75, 3.05) is 7.11 Å². The van der Waals surface area contributed by atoms with Crippen molar-refractivity contribution >= 4 is 44.2 Å². The van der Waals surface area contributed by atoms with Gasteiger partial charge < -0.3 is 4.74 Å². The van der Waals surface area contributed by atoms with Crippen molar-refractivity contribution in [2.45, 2.75) is 44.4 Å². The van der Waals surface area contributed by atoms with Crippen LogP contribution in [-0.2, 0) is 26.1 Å². The van der Waals surface area contributed by atoms with Gasteiger partial charge in [-0.25, -0.2) is 8.93 Å². The zero-order chi connectivity index (χ0) is 15.6. The number of thiophene rings is 1. The summed E-state index contributed by atoms with van der Waals surface area (Å²) in [6.45, 7) is 7.53. The molecule has 0 bridgehead atoms. The Labute approximate surface area is 135 Å². The van der Waals surface area contributed by atoms with Crippen LogP contribution < -0.4 is 4.72 Å². The van der Waals surface area contributed by atoms with Crippen LogP contribution in [0.25, 0.3) is 0 Å². The summed E-state index contributed by atoms with van der Waals surface area (Å²) in [4.78, 5) is 12.6. The number of halogens is 1. The van der Waals surface area contributed by atoms with Crippen LogP contribution in [0.15, 0.2) is 15.9 Å². The van der Waals surface area contributed by atoms with E-state index in [1.54, 1.807) is 0 Å². The predicted molar refractivity (Wildman–Crippen MR) is 87.0 cm³/mol. The third-order valence-electron chi connectivity index (χ3n) is 2.71. The fraction of sp³-hybridized carbons (Fsp3) is 0.615. The average molecular weight is 382 g/mol. The molecule has 4 nitrogen and oxygen atoms in total. The number of ether oxygens (including phenoxy) is 1. The van der Waals surface area contributed by atoms with E-state index in [-0.39, 0.29) is 12.4 Å². The van der Waals surface area contributed by atoms with Crippen molar-refractivity contribution in [3.05, 3.63) is 20.8 Å². The molecule has 0 spiro atoms. The van der Waals surface area contributed by atoms with E-state index in [2.05, 4.69) is 20.7 Å². The minimum atomic E-state index is -1.28. The van der Waals surface area contributed by atoms with Gasteiger partial charge in [0.15, 0.2) is 0 Å². The van der Waals surface area contributed by atoms with E-state index in [4.69, 9.17) is 4.74 Å². The monoisotopic (exact) mass is 381 g/mol. The molecule has 0 radical (unpaired) electrons. The number of esters is 1. The number of carbonyl (C=O) groups excluding carboxylic acids is 1. The van der Waals surface area contributed by atoms with Gasteiger partial charge >= 0.3 is 5.97 Å². The molecule has 1 N–H and O–H groups in total. The van der Waals surface area contributed by atoms with E-state index in [0.29, 0.717) is 0 Å². The molecule has 0 saturated carbocycles. The molecule has 20 heavy (non-hydrogen) atoms. The lowest BCUT2D eigenvalue weighted by atomic mass is 9.97. The summed E-state index contributed by atoms with van der Waals surface area (Å²) in [6.07, 6.45) is 0.123. The lowest BCUT2D eigenvalue weighted by molar-refractivity contribution is -0.142. The number of hydrogen-bond donors (Lipinski definition) is 1. The molecule has 114 valence electrons. The Hall–Kier alpha value is -0.240. The summed E-state index contributed by atoms with van der Waals surface area (Å²) >= 11 is 4.91. The fourth-order valence-electron chi connectivity index (χ4n) is 1.49. The molecule has 1 rings (SSSR count). The normalized spacial score (nSPS) is 16.5. The highest BCUT2D eigenvalue weighted by molar-refractivity contribution is 9.10. The zero-order valence-corrected chi connectivity index (χ0v) is 15.5. The number of carbonyl (C=O) groups is 1. The summed E-state index contributed by atoms with van der Waals surface area (Å²) in [5, 5.41) is 1.94. The third kappa shape index (κ3) is 4.65. The van der Waals surface area contributed by atoms with Gasteiger partial charge in [-0.15, -0.1) is 11.3 Å². The summed E-state index contributed by atoms with van der Waals surface area (Å²) in [5.41, 5.74) is -0.720. The van der Waals surface area contributed by atoms with Crippen LogP contribution in [0.3, 0.4) is 0 Å². The van der Waals surface area contributed by atoms with Crippen LogP contribution in [0.2, 0.25) is 0 Å². The van der Waals surface area contributed by atoms with Crippen LogP contribution in [0.1, 0.15) is 39.0 Å². The summed E-state index contributed by atoms with van der Waals surface area (Å²) in [7, 11) is 0.0722. The summed E-state index contributed by atoms with van der Waals surface area (Å²) in [6, 6.07) is 1.93. The van der Waals surface area contributed by atoms with E-state index < -0.39 is 21.3 Å². The summed E-state index contributed by atoms with van der Waals surface area (Å²) < 4.78 is 20.7. The number of hydrogen-bond acceptors (Lipinski definition) is 4. The fourth-order valence-corrected chi connectivity index (χ4v) is 4.00. The third-order valence-corrected chi connectivity index (χ3v) is 6.41. The molecule has 0 aromatic carbocycles. The van der Waals surface area contributed by atoms with Gasteiger partial charge in [-0.3, -0.25) is 4.79 Å². The first-order chi connectivity index (χ1) is 9.08. The molecule has 0 saturated heterocycles. The molecule has 2 atom stereocenters. The highest BCUT2D eigenvalue weighted by atomic mass is 79.9. The van der Waals surface area contributed by atoms with E-state index in [1.807, 2.05) is 39.1 Å². The van der Waals surface area contributed by atoms with Gasteiger partial charge in [-0.1, -0.05) is 0 Å². The smallest absolute Gasteiger partial charge is 0.307 e. The maximum absolute atomic E-state index is 12.4. The zero-order valence-electron chi connectivity index (χ0n) is 12.3. The molecule has 1 aromatic rings. The van der Waals surface area contributed by atoms with Crippen molar-refractivity contribution < 1.29 is 13.7 Å². The molecule has 0 aliphatic heterocycles. The Morgan fingerprint density at radius 3 is 2.45 bits per heavy atom. The topological polar surface area (TPSA) is 55.4 Å². The van der Waals surface area contributed by atoms with Crippen molar-refractivity contribution in [1.82, 2.24) is 4.72 Å². The van der Waals surface area contributed by atoms with Crippen LogP contribution in [-0.4, -0.2) is 22.0 Å². The lowest BCUT2D eigenvalue weighted by Crippen LogP contribution is -2.47. The Morgan fingerprint density at radius 2 is 2.05 bits per heavy atom. The van der Waals surface area contributed by atoms with Gasteiger partial charge in [-0.2, -0.15) is 0 Å². The Bertz CT molecular complexity index is 510. The maximum atomic E-state index is 12.4. The molecule has 1 aromatic heterocycles. The van der Waals surface area contributed by atoms with Crippen LogP contribution >= 0.6 is 27.3 Å². The Kier molecular flexibility index (Phi) is 5.95. The van der Waals surface area contributed by atoms with Gasteiger partial charge in [0.1, 0.15) is 0 Å². The highest BCUT2D eigenvalue weighted by Gasteiger charge is 2.36. The van der Waals surface area contributed by atoms with E-state index in [0.717, 1.165) is 9.35 Å². The van der Waals surface area contributed by atoms with E-state index in [9.17, 15) is 9.00 Å². The largest absolute Gasteiger partial charge is 0.469 e. The summed E-state index contributed by atoms with van der Waals surface area (Å²) in [5.74, 6) is -0.338. The molecule has 0 aliphatic carbocycles. The first-order valence-electron chi connectivity index (χ1n) is 6.09. The Balaban J connectivity index is 3.08. The molecule has 0 aliphatic rings. The predicted octanol–water partition coefficient (Wildman–Crippen LogP) is 3.34. The minimum Gasteiger partial charge on any atom is -0.469 e. The van der Waals surface area contributed by atoms with Gasteiger partial charge in [0.2, 0.25) is 0 Å². The number of rotatable bonds is 5.